The predicted octanol–water partition coefficient (Wildman–Crippen LogP) is 4.54. The number of fused-ring (bicyclic) bond motifs is 1. The van der Waals surface area contributed by atoms with Gasteiger partial charge in [0.2, 0.25) is 0 Å². The molecule has 0 radical (unpaired) electrons. The molecule has 0 amide bonds. The van der Waals surface area contributed by atoms with Crippen LogP contribution in [0.2, 0.25) is 0 Å². The molecular weight excluding hydrogens is 329 g/mol. The molecular formula is C16H14ClF3N2O. The van der Waals surface area contributed by atoms with Gasteiger partial charge in [0.15, 0.2) is 0 Å². The molecule has 0 unspecified atom stereocenters. The van der Waals surface area contributed by atoms with Gasteiger partial charge in [-0.1, -0.05) is 24.3 Å². The van der Waals surface area contributed by atoms with Crippen molar-refractivity contribution in [1.82, 2.24) is 4.98 Å². The normalized spacial score (nSPS) is 12.7. The number of halogens is 4. The molecule has 3 N–H and O–H groups in total. The number of hydrogen-bond acceptors (Lipinski definition) is 2. The summed E-state index contributed by atoms with van der Waals surface area (Å²) in [6.45, 7) is 0. The molecule has 0 aliphatic heterocycles. The molecule has 0 spiro atoms. The number of nitrogens with two attached hydrogens (primary N) is 1. The molecule has 122 valence electrons. The molecule has 0 aliphatic carbocycles. The first-order valence-corrected chi connectivity index (χ1v) is 6.61. The second-order valence-electron chi connectivity index (χ2n) is 4.88. The Morgan fingerprint density at radius 3 is 2.35 bits per heavy atom. The topological polar surface area (TPSA) is 51.0 Å². The lowest BCUT2D eigenvalue weighted by Crippen LogP contribution is -2.17. The maximum Gasteiger partial charge on any atom is 0.573 e. The Labute approximate surface area is 136 Å². The Bertz CT molecular complexity index is 784. The third-order valence-corrected chi connectivity index (χ3v) is 3.44. The molecule has 1 atom stereocenters. The second-order valence-corrected chi connectivity index (χ2v) is 4.88. The number of aromatic nitrogens is 1. The fraction of sp³-hybridized carbons (Fsp3) is 0.125. The Hall–Kier alpha value is -2.18. The third kappa shape index (κ3) is 3.78. The summed E-state index contributed by atoms with van der Waals surface area (Å²) in [6, 6.07) is 12.8. The van der Waals surface area contributed by atoms with Gasteiger partial charge in [0.05, 0.1) is 6.04 Å². The molecule has 23 heavy (non-hydrogen) atoms. The summed E-state index contributed by atoms with van der Waals surface area (Å²) in [6.07, 6.45) is -2.87. The Kier molecular flexibility index (Phi) is 4.87. The van der Waals surface area contributed by atoms with Gasteiger partial charge in [-0.05, 0) is 35.4 Å². The molecule has 0 bridgehead atoms. The Morgan fingerprint density at radius 2 is 1.70 bits per heavy atom. The van der Waals surface area contributed by atoms with Crippen molar-refractivity contribution in [2.45, 2.75) is 12.4 Å². The number of aromatic amines is 1. The van der Waals surface area contributed by atoms with E-state index in [-0.39, 0.29) is 18.2 Å². The lowest BCUT2D eigenvalue weighted by atomic mass is 9.97. The van der Waals surface area contributed by atoms with Crippen LogP contribution in [0.25, 0.3) is 10.9 Å². The summed E-state index contributed by atoms with van der Waals surface area (Å²) in [4.78, 5) is 3.10. The molecule has 1 heterocycles. The van der Waals surface area contributed by atoms with Crippen molar-refractivity contribution in [2.24, 2.45) is 5.73 Å². The number of H-pyrrole nitrogens is 1. The highest BCUT2D eigenvalue weighted by Gasteiger charge is 2.31. The number of rotatable bonds is 3. The van der Waals surface area contributed by atoms with Gasteiger partial charge in [0.25, 0.3) is 0 Å². The van der Waals surface area contributed by atoms with Crippen LogP contribution in [0.1, 0.15) is 17.2 Å². The van der Waals surface area contributed by atoms with E-state index >= 15 is 0 Å². The monoisotopic (exact) mass is 342 g/mol. The number of alkyl halides is 3. The van der Waals surface area contributed by atoms with Crippen LogP contribution in [0.15, 0.2) is 54.7 Å². The molecule has 0 aliphatic rings. The van der Waals surface area contributed by atoms with E-state index in [4.69, 9.17) is 5.73 Å². The minimum Gasteiger partial charge on any atom is -0.406 e. The van der Waals surface area contributed by atoms with E-state index in [9.17, 15) is 13.2 Å². The Balaban J connectivity index is 0.00000192. The fourth-order valence-corrected chi connectivity index (χ4v) is 2.44. The van der Waals surface area contributed by atoms with Crippen molar-refractivity contribution in [3.8, 4) is 5.75 Å². The van der Waals surface area contributed by atoms with Crippen molar-refractivity contribution in [1.29, 1.82) is 0 Å². The smallest absolute Gasteiger partial charge is 0.406 e. The lowest BCUT2D eigenvalue weighted by Gasteiger charge is -2.15. The molecule has 0 saturated heterocycles. The minimum absolute atomic E-state index is 0. The van der Waals surface area contributed by atoms with Gasteiger partial charge < -0.3 is 15.5 Å². The van der Waals surface area contributed by atoms with Crippen molar-refractivity contribution in [3.63, 3.8) is 0 Å². The highest BCUT2D eigenvalue weighted by molar-refractivity contribution is 5.85. The van der Waals surface area contributed by atoms with Gasteiger partial charge in [-0.3, -0.25) is 0 Å². The minimum atomic E-state index is -4.69. The van der Waals surface area contributed by atoms with Crippen LogP contribution < -0.4 is 10.5 Å². The summed E-state index contributed by atoms with van der Waals surface area (Å²) in [7, 11) is 0. The Morgan fingerprint density at radius 1 is 1.00 bits per heavy atom. The molecule has 3 nitrogen and oxygen atoms in total. The molecule has 3 aromatic rings. The summed E-state index contributed by atoms with van der Waals surface area (Å²) < 4.78 is 40.3. The first-order valence-electron chi connectivity index (χ1n) is 6.61. The van der Waals surface area contributed by atoms with E-state index < -0.39 is 12.4 Å². The van der Waals surface area contributed by atoms with Gasteiger partial charge in [0, 0.05) is 17.1 Å². The van der Waals surface area contributed by atoms with Crippen molar-refractivity contribution >= 4 is 23.3 Å². The summed E-state index contributed by atoms with van der Waals surface area (Å²) >= 11 is 0. The van der Waals surface area contributed by atoms with E-state index in [2.05, 4.69) is 9.72 Å². The summed E-state index contributed by atoms with van der Waals surface area (Å²) in [5.74, 6) is -0.261. The molecule has 7 heteroatoms. The highest BCUT2D eigenvalue weighted by Crippen LogP contribution is 2.29. The fourth-order valence-electron chi connectivity index (χ4n) is 2.44. The predicted molar refractivity (Wildman–Crippen MR) is 84.7 cm³/mol. The first kappa shape index (κ1) is 17.2. The zero-order valence-corrected chi connectivity index (χ0v) is 12.6. The maximum atomic E-state index is 12.2. The van der Waals surface area contributed by atoms with Crippen molar-refractivity contribution in [3.05, 3.63) is 65.9 Å². The van der Waals surface area contributed by atoms with Gasteiger partial charge in [-0.15, -0.1) is 25.6 Å². The average molecular weight is 343 g/mol. The van der Waals surface area contributed by atoms with Crippen LogP contribution in [-0.2, 0) is 0 Å². The highest BCUT2D eigenvalue weighted by atomic mass is 35.5. The summed E-state index contributed by atoms with van der Waals surface area (Å²) in [5.41, 5.74) is 8.82. The summed E-state index contributed by atoms with van der Waals surface area (Å²) in [5, 5.41) is 0.991. The standard InChI is InChI=1S/C16H13F3N2O.ClH/c17-16(18,19)22-11-6-4-10(5-7-11)15(20)13-2-1-3-14-12(13)8-9-21-14;/h1-9,15,21H,20H2;1H/t15-;/m1./s1. The van der Waals surface area contributed by atoms with E-state index in [1.165, 1.54) is 24.3 Å². The largest absolute Gasteiger partial charge is 0.573 e. The van der Waals surface area contributed by atoms with Crippen LogP contribution in [0.5, 0.6) is 5.75 Å². The van der Waals surface area contributed by atoms with Crippen LogP contribution in [0.4, 0.5) is 13.2 Å². The van der Waals surface area contributed by atoms with E-state index in [0.717, 1.165) is 16.5 Å². The molecule has 1 aromatic heterocycles. The van der Waals surface area contributed by atoms with Gasteiger partial charge in [-0.25, -0.2) is 0 Å². The molecule has 2 aromatic carbocycles. The van der Waals surface area contributed by atoms with Crippen LogP contribution in [0, 0.1) is 0 Å². The number of nitrogens with one attached hydrogen (secondary N) is 1. The van der Waals surface area contributed by atoms with E-state index in [0.29, 0.717) is 5.56 Å². The maximum absolute atomic E-state index is 12.2. The molecule has 0 fully saturated rings. The number of ether oxygens (including phenoxy) is 1. The van der Waals surface area contributed by atoms with Crippen LogP contribution >= 0.6 is 12.4 Å². The SMILES string of the molecule is Cl.N[C@H](c1ccc(OC(F)(F)F)cc1)c1cccc2[nH]ccc12. The zero-order chi connectivity index (χ0) is 15.7. The zero-order valence-electron chi connectivity index (χ0n) is 11.8. The molecule has 0 saturated carbocycles. The number of hydrogen-bond donors (Lipinski definition) is 2. The van der Waals surface area contributed by atoms with Gasteiger partial charge in [0.1, 0.15) is 5.75 Å². The van der Waals surface area contributed by atoms with Crippen molar-refractivity contribution < 1.29 is 17.9 Å². The van der Waals surface area contributed by atoms with Crippen molar-refractivity contribution in [2.75, 3.05) is 0 Å². The number of benzene rings is 2. The quantitative estimate of drug-likeness (QED) is 0.734. The van der Waals surface area contributed by atoms with Crippen LogP contribution in [-0.4, -0.2) is 11.3 Å². The van der Waals surface area contributed by atoms with Gasteiger partial charge >= 0.3 is 6.36 Å². The average Bonchev–Trinajstić information content (AvgIpc) is 2.94. The van der Waals surface area contributed by atoms with Crippen LogP contribution in [0.3, 0.4) is 0 Å². The molecule has 3 rings (SSSR count). The van der Waals surface area contributed by atoms with E-state index in [1.807, 2.05) is 30.5 Å². The lowest BCUT2D eigenvalue weighted by molar-refractivity contribution is -0.274. The third-order valence-electron chi connectivity index (χ3n) is 3.44. The van der Waals surface area contributed by atoms with Gasteiger partial charge in [-0.2, -0.15) is 0 Å². The second kappa shape index (κ2) is 6.52. The van der Waals surface area contributed by atoms with E-state index in [1.54, 1.807) is 0 Å². The first-order chi connectivity index (χ1) is 10.4.